The van der Waals surface area contributed by atoms with E-state index in [9.17, 15) is 13.2 Å². The van der Waals surface area contributed by atoms with Crippen molar-refractivity contribution < 1.29 is 22.6 Å². The van der Waals surface area contributed by atoms with E-state index in [4.69, 9.17) is 9.47 Å². The van der Waals surface area contributed by atoms with E-state index in [0.29, 0.717) is 30.2 Å². The lowest BCUT2D eigenvalue weighted by Crippen LogP contribution is -2.27. The summed E-state index contributed by atoms with van der Waals surface area (Å²) in [6.07, 6.45) is -0.526. The van der Waals surface area contributed by atoms with Gasteiger partial charge in [0, 0.05) is 18.7 Å². The lowest BCUT2D eigenvalue weighted by atomic mass is 10.1. The standard InChI is InChI=1S/C18H18F3N3O2/c19-18(20,21)16-10-13(12-5-6-14-15(9-12)26-11-25-14)22-17(23-16)24-7-3-1-2-4-8-24/h5-6,9-10H,1-4,7-8,11H2. The van der Waals surface area contributed by atoms with E-state index >= 15 is 0 Å². The molecule has 0 aliphatic carbocycles. The van der Waals surface area contributed by atoms with E-state index in [2.05, 4.69) is 9.97 Å². The van der Waals surface area contributed by atoms with Gasteiger partial charge in [-0.05, 0) is 37.1 Å². The number of fused-ring (bicyclic) bond motifs is 1. The highest BCUT2D eigenvalue weighted by molar-refractivity contribution is 5.66. The van der Waals surface area contributed by atoms with Crippen LogP contribution in [0.3, 0.4) is 0 Å². The molecule has 138 valence electrons. The van der Waals surface area contributed by atoms with Crippen LogP contribution in [0.1, 0.15) is 31.4 Å². The Hall–Kier alpha value is -2.51. The van der Waals surface area contributed by atoms with Crippen molar-refractivity contribution in [2.45, 2.75) is 31.9 Å². The van der Waals surface area contributed by atoms with Crippen LogP contribution in [0.2, 0.25) is 0 Å². The molecule has 0 unspecified atom stereocenters. The number of ether oxygens (including phenoxy) is 2. The molecule has 0 spiro atoms. The Kier molecular flexibility index (Phi) is 4.34. The lowest BCUT2D eigenvalue weighted by molar-refractivity contribution is -0.141. The van der Waals surface area contributed by atoms with Crippen molar-refractivity contribution in [3.05, 3.63) is 30.0 Å². The normalized spacial score (nSPS) is 17.3. The molecular formula is C18H18F3N3O2. The first-order chi connectivity index (χ1) is 12.5. The fourth-order valence-electron chi connectivity index (χ4n) is 3.20. The van der Waals surface area contributed by atoms with E-state index in [1.165, 1.54) is 0 Å². The summed E-state index contributed by atoms with van der Waals surface area (Å²) in [5.74, 6) is 1.21. The molecule has 1 aromatic heterocycles. The molecule has 1 saturated heterocycles. The predicted octanol–water partition coefficient (Wildman–Crippen LogP) is 4.27. The van der Waals surface area contributed by atoms with E-state index in [1.807, 2.05) is 4.90 Å². The highest BCUT2D eigenvalue weighted by Crippen LogP contribution is 2.37. The fourth-order valence-corrected chi connectivity index (χ4v) is 3.20. The molecule has 2 aliphatic rings. The molecule has 1 fully saturated rings. The summed E-state index contributed by atoms with van der Waals surface area (Å²) in [5.41, 5.74) is -0.164. The third kappa shape index (κ3) is 3.40. The molecular weight excluding hydrogens is 347 g/mol. The van der Waals surface area contributed by atoms with Crippen molar-refractivity contribution in [2.24, 2.45) is 0 Å². The van der Waals surface area contributed by atoms with Crippen molar-refractivity contribution in [3.63, 3.8) is 0 Å². The SMILES string of the molecule is FC(F)(F)c1cc(-c2ccc3c(c2)OCO3)nc(N2CCCCCC2)n1. The molecule has 2 aliphatic heterocycles. The number of anilines is 1. The highest BCUT2D eigenvalue weighted by Gasteiger charge is 2.34. The van der Waals surface area contributed by atoms with E-state index in [1.54, 1.807) is 18.2 Å². The molecule has 4 rings (SSSR count). The first kappa shape index (κ1) is 16.9. The molecule has 0 amide bonds. The van der Waals surface area contributed by atoms with E-state index in [0.717, 1.165) is 31.7 Å². The van der Waals surface area contributed by atoms with Crippen molar-refractivity contribution in [2.75, 3.05) is 24.8 Å². The van der Waals surface area contributed by atoms with Gasteiger partial charge in [-0.1, -0.05) is 12.8 Å². The Morgan fingerprint density at radius 1 is 0.885 bits per heavy atom. The van der Waals surface area contributed by atoms with Crippen LogP contribution in [0, 0.1) is 0 Å². The smallest absolute Gasteiger partial charge is 0.433 e. The Bertz CT molecular complexity index is 803. The maximum absolute atomic E-state index is 13.4. The number of aromatic nitrogens is 2. The van der Waals surface area contributed by atoms with Gasteiger partial charge in [0.1, 0.15) is 0 Å². The minimum atomic E-state index is -4.53. The van der Waals surface area contributed by atoms with Crippen molar-refractivity contribution in [3.8, 4) is 22.8 Å². The van der Waals surface area contributed by atoms with Crippen LogP contribution in [-0.2, 0) is 6.18 Å². The van der Waals surface area contributed by atoms with Gasteiger partial charge in [0.05, 0.1) is 5.69 Å². The average Bonchev–Trinajstić information content (AvgIpc) is 2.92. The van der Waals surface area contributed by atoms with Gasteiger partial charge in [0.25, 0.3) is 0 Å². The highest BCUT2D eigenvalue weighted by atomic mass is 19.4. The fraction of sp³-hybridized carbons (Fsp3) is 0.444. The van der Waals surface area contributed by atoms with E-state index in [-0.39, 0.29) is 18.4 Å². The van der Waals surface area contributed by atoms with Crippen molar-refractivity contribution in [1.82, 2.24) is 9.97 Å². The Morgan fingerprint density at radius 2 is 1.62 bits per heavy atom. The number of halogens is 3. The molecule has 26 heavy (non-hydrogen) atoms. The molecule has 0 saturated carbocycles. The third-order valence-corrected chi connectivity index (χ3v) is 4.56. The predicted molar refractivity (Wildman–Crippen MR) is 89.3 cm³/mol. The first-order valence-electron chi connectivity index (χ1n) is 8.62. The maximum atomic E-state index is 13.4. The summed E-state index contributed by atoms with van der Waals surface area (Å²) < 4.78 is 50.7. The van der Waals surface area contributed by atoms with E-state index < -0.39 is 11.9 Å². The zero-order valence-corrected chi connectivity index (χ0v) is 14.1. The Balaban J connectivity index is 1.77. The Morgan fingerprint density at radius 3 is 2.35 bits per heavy atom. The van der Waals surface area contributed by atoms with Gasteiger partial charge in [-0.2, -0.15) is 13.2 Å². The second-order valence-electron chi connectivity index (χ2n) is 6.41. The van der Waals surface area contributed by atoms with Gasteiger partial charge in [-0.3, -0.25) is 0 Å². The lowest BCUT2D eigenvalue weighted by Gasteiger charge is -2.22. The van der Waals surface area contributed by atoms with Gasteiger partial charge in [-0.25, -0.2) is 9.97 Å². The second kappa shape index (κ2) is 6.66. The topological polar surface area (TPSA) is 47.5 Å². The van der Waals surface area contributed by atoms with Crippen LogP contribution < -0.4 is 14.4 Å². The Labute approximate surface area is 148 Å². The van der Waals surface area contributed by atoms with Crippen molar-refractivity contribution >= 4 is 5.95 Å². The van der Waals surface area contributed by atoms with Gasteiger partial charge >= 0.3 is 6.18 Å². The molecule has 2 aromatic rings. The summed E-state index contributed by atoms with van der Waals surface area (Å²) in [4.78, 5) is 10.1. The van der Waals surface area contributed by atoms with Gasteiger partial charge in [-0.15, -0.1) is 0 Å². The van der Waals surface area contributed by atoms with Gasteiger partial charge in [0.2, 0.25) is 12.7 Å². The zero-order valence-electron chi connectivity index (χ0n) is 14.1. The molecule has 8 heteroatoms. The second-order valence-corrected chi connectivity index (χ2v) is 6.41. The first-order valence-corrected chi connectivity index (χ1v) is 8.62. The number of rotatable bonds is 2. The van der Waals surface area contributed by atoms with Gasteiger partial charge in [0.15, 0.2) is 17.2 Å². The maximum Gasteiger partial charge on any atom is 0.433 e. The molecule has 0 radical (unpaired) electrons. The quantitative estimate of drug-likeness (QED) is 0.795. The van der Waals surface area contributed by atoms with Gasteiger partial charge < -0.3 is 14.4 Å². The summed E-state index contributed by atoms with van der Waals surface area (Å²) in [7, 11) is 0. The number of benzene rings is 1. The minimum Gasteiger partial charge on any atom is -0.454 e. The number of nitrogens with zero attached hydrogens (tertiary/aromatic N) is 3. The van der Waals surface area contributed by atoms with Crippen LogP contribution >= 0.6 is 0 Å². The minimum absolute atomic E-state index is 0.107. The zero-order chi connectivity index (χ0) is 18.1. The molecule has 5 nitrogen and oxygen atoms in total. The summed E-state index contributed by atoms with van der Waals surface area (Å²) in [6.45, 7) is 1.44. The monoisotopic (exact) mass is 365 g/mol. The molecule has 0 atom stereocenters. The van der Waals surface area contributed by atoms with Crippen LogP contribution in [0.5, 0.6) is 11.5 Å². The number of hydrogen-bond donors (Lipinski definition) is 0. The summed E-state index contributed by atoms with van der Waals surface area (Å²) in [6, 6.07) is 6.00. The molecule has 0 bridgehead atoms. The molecule has 3 heterocycles. The number of hydrogen-bond acceptors (Lipinski definition) is 5. The van der Waals surface area contributed by atoms with Crippen molar-refractivity contribution in [1.29, 1.82) is 0 Å². The summed E-state index contributed by atoms with van der Waals surface area (Å²) >= 11 is 0. The van der Waals surface area contributed by atoms with Crippen LogP contribution in [0.4, 0.5) is 19.1 Å². The molecule has 0 N–H and O–H groups in total. The average molecular weight is 365 g/mol. The molecule has 1 aromatic carbocycles. The van der Waals surface area contributed by atoms with Crippen LogP contribution in [0.25, 0.3) is 11.3 Å². The largest absolute Gasteiger partial charge is 0.454 e. The number of alkyl halides is 3. The van der Waals surface area contributed by atoms with Crippen LogP contribution in [-0.4, -0.2) is 29.9 Å². The summed E-state index contributed by atoms with van der Waals surface area (Å²) in [5, 5.41) is 0. The third-order valence-electron chi connectivity index (χ3n) is 4.56. The van der Waals surface area contributed by atoms with Crippen LogP contribution in [0.15, 0.2) is 24.3 Å².